The quantitative estimate of drug-likeness (QED) is 0.752. The number of hydrogen-bond donors (Lipinski definition) is 1. The highest BCUT2D eigenvalue weighted by atomic mass is 16.3. The van der Waals surface area contributed by atoms with Crippen LogP contribution >= 0.6 is 0 Å². The average molecular weight is 365 g/mol. The van der Waals surface area contributed by atoms with Gasteiger partial charge in [0.2, 0.25) is 5.89 Å². The first kappa shape index (κ1) is 17.5. The number of aromatic nitrogens is 3. The molecule has 2 aromatic heterocycles. The van der Waals surface area contributed by atoms with Crippen molar-refractivity contribution in [2.75, 3.05) is 19.6 Å². The van der Waals surface area contributed by atoms with Crippen molar-refractivity contribution in [2.45, 2.75) is 25.8 Å². The van der Waals surface area contributed by atoms with Crippen LogP contribution in [0, 0.1) is 0 Å². The molecule has 1 aliphatic rings. The third-order valence-corrected chi connectivity index (χ3v) is 4.92. The maximum Gasteiger partial charge on any atom is 0.276 e. The highest BCUT2D eigenvalue weighted by Crippen LogP contribution is 2.21. The summed E-state index contributed by atoms with van der Waals surface area (Å²) in [5.41, 5.74) is 2.04. The second-order valence-electron chi connectivity index (χ2n) is 6.62. The van der Waals surface area contributed by atoms with Crippen molar-refractivity contribution in [3.8, 4) is 17.1 Å². The molecule has 1 saturated heterocycles. The summed E-state index contributed by atoms with van der Waals surface area (Å²) >= 11 is 0. The molecule has 0 spiro atoms. The lowest BCUT2D eigenvalue weighted by Crippen LogP contribution is -2.46. The zero-order chi connectivity index (χ0) is 18.6. The Morgan fingerprint density at radius 1 is 1.30 bits per heavy atom. The second-order valence-corrected chi connectivity index (χ2v) is 6.62. The van der Waals surface area contributed by atoms with Gasteiger partial charge >= 0.3 is 0 Å². The number of hydrogen-bond acceptors (Lipinski definition) is 5. The van der Waals surface area contributed by atoms with Gasteiger partial charge in [-0.15, -0.1) is 0 Å². The number of carbonyl (C=O) groups is 1. The third-order valence-electron chi connectivity index (χ3n) is 4.92. The molecule has 0 aliphatic carbocycles. The fourth-order valence-corrected chi connectivity index (χ4v) is 3.49. The van der Waals surface area contributed by atoms with E-state index in [0.717, 1.165) is 37.2 Å². The molecular weight excluding hydrogens is 342 g/mol. The van der Waals surface area contributed by atoms with Crippen molar-refractivity contribution in [1.82, 2.24) is 25.0 Å². The van der Waals surface area contributed by atoms with Crippen LogP contribution in [0.5, 0.6) is 0 Å². The van der Waals surface area contributed by atoms with Crippen LogP contribution in [0.1, 0.15) is 30.3 Å². The lowest BCUT2D eigenvalue weighted by atomic mass is 10.0. The second kappa shape index (κ2) is 7.75. The van der Waals surface area contributed by atoms with E-state index in [1.165, 1.54) is 6.26 Å². The van der Waals surface area contributed by atoms with Gasteiger partial charge in [-0.05, 0) is 45.0 Å². The molecule has 1 fully saturated rings. The molecule has 27 heavy (non-hydrogen) atoms. The molecule has 1 aliphatic heterocycles. The Labute approximate surface area is 158 Å². The van der Waals surface area contributed by atoms with Gasteiger partial charge in [-0.3, -0.25) is 4.79 Å². The van der Waals surface area contributed by atoms with Gasteiger partial charge in [-0.25, -0.2) is 9.67 Å². The molecule has 0 atom stereocenters. The number of oxazole rings is 1. The van der Waals surface area contributed by atoms with Gasteiger partial charge in [0.15, 0.2) is 5.69 Å². The van der Waals surface area contributed by atoms with Gasteiger partial charge in [0, 0.05) is 18.8 Å². The predicted molar refractivity (Wildman–Crippen MR) is 102 cm³/mol. The largest absolute Gasteiger partial charge is 0.444 e. The summed E-state index contributed by atoms with van der Waals surface area (Å²) in [5.74, 6) is 0.330. The highest BCUT2D eigenvalue weighted by Gasteiger charge is 2.27. The van der Waals surface area contributed by atoms with Crippen LogP contribution in [0.3, 0.4) is 0 Å². The van der Waals surface area contributed by atoms with E-state index in [1.807, 2.05) is 48.4 Å². The highest BCUT2D eigenvalue weighted by molar-refractivity contribution is 5.92. The van der Waals surface area contributed by atoms with Crippen LogP contribution in [0.25, 0.3) is 17.1 Å². The van der Waals surface area contributed by atoms with Crippen molar-refractivity contribution < 1.29 is 9.21 Å². The Hall–Kier alpha value is -2.93. The summed E-state index contributed by atoms with van der Waals surface area (Å²) in [4.78, 5) is 19.2. The molecule has 1 amide bonds. The van der Waals surface area contributed by atoms with Gasteiger partial charge in [-0.2, -0.15) is 5.10 Å². The fraction of sp³-hybridized carbons (Fsp3) is 0.350. The van der Waals surface area contributed by atoms with E-state index in [0.29, 0.717) is 18.1 Å². The minimum atomic E-state index is -0.0742. The molecule has 0 bridgehead atoms. The van der Waals surface area contributed by atoms with Gasteiger partial charge in [0.1, 0.15) is 6.26 Å². The zero-order valence-corrected chi connectivity index (χ0v) is 15.3. The Morgan fingerprint density at radius 3 is 2.81 bits per heavy atom. The Balaban J connectivity index is 1.53. The first-order chi connectivity index (χ1) is 13.3. The summed E-state index contributed by atoms with van der Waals surface area (Å²) in [6.07, 6.45) is 6.92. The van der Waals surface area contributed by atoms with Crippen molar-refractivity contribution in [1.29, 1.82) is 0 Å². The summed E-state index contributed by atoms with van der Waals surface area (Å²) < 4.78 is 7.34. The van der Waals surface area contributed by atoms with Crippen molar-refractivity contribution in [3.05, 3.63) is 54.7 Å². The van der Waals surface area contributed by atoms with Gasteiger partial charge in [-0.1, -0.05) is 18.2 Å². The third kappa shape index (κ3) is 3.64. The van der Waals surface area contributed by atoms with Crippen LogP contribution in [0.15, 0.2) is 53.4 Å². The summed E-state index contributed by atoms with van der Waals surface area (Å²) in [6, 6.07) is 10.1. The summed E-state index contributed by atoms with van der Waals surface area (Å²) in [5, 5.41) is 7.69. The van der Waals surface area contributed by atoms with Crippen molar-refractivity contribution >= 4 is 5.91 Å². The molecule has 3 aromatic rings. The van der Waals surface area contributed by atoms with E-state index in [9.17, 15) is 4.79 Å². The standard InChI is InChI=1S/C20H23N5O2/c1-2-24(16-8-10-21-11-9-16)20(26)18-14-27-19(23-18)15-12-22-25(13-15)17-6-4-3-5-7-17/h3-7,12-14,16,21H,2,8-11H2,1H3. The first-order valence-corrected chi connectivity index (χ1v) is 9.34. The number of piperidine rings is 1. The van der Waals surface area contributed by atoms with Gasteiger partial charge < -0.3 is 14.6 Å². The topological polar surface area (TPSA) is 76.2 Å². The zero-order valence-electron chi connectivity index (χ0n) is 15.3. The minimum Gasteiger partial charge on any atom is -0.444 e. The molecule has 7 nitrogen and oxygen atoms in total. The normalized spacial score (nSPS) is 15.0. The molecule has 140 valence electrons. The Bertz CT molecular complexity index is 896. The first-order valence-electron chi connectivity index (χ1n) is 9.34. The molecule has 7 heteroatoms. The number of nitrogens with one attached hydrogen (secondary N) is 1. The number of benzene rings is 1. The van der Waals surface area contributed by atoms with E-state index >= 15 is 0 Å². The molecule has 1 N–H and O–H groups in total. The average Bonchev–Trinajstić information content (AvgIpc) is 3.40. The minimum absolute atomic E-state index is 0.0742. The van der Waals surface area contributed by atoms with Crippen LogP contribution in [-0.4, -0.2) is 51.2 Å². The lowest BCUT2D eigenvalue weighted by molar-refractivity contribution is 0.0650. The molecule has 3 heterocycles. The molecule has 0 radical (unpaired) electrons. The van der Waals surface area contributed by atoms with Crippen LogP contribution in [0.4, 0.5) is 0 Å². The van der Waals surface area contributed by atoms with E-state index in [-0.39, 0.29) is 11.9 Å². The molecule has 0 saturated carbocycles. The lowest BCUT2D eigenvalue weighted by Gasteiger charge is -2.33. The van der Waals surface area contributed by atoms with E-state index < -0.39 is 0 Å². The fourth-order valence-electron chi connectivity index (χ4n) is 3.49. The van der Waals surface area contributed by atoms with Crippen molar-refractivity contribution in [3.63, 3.8) is 0 Å². The van der Waals surface area contributed by atoms with Crippen molar-refractivity contribution in [2.24, 2.45) is 0 Å². The molecule has 4 rings (SSSR count). The van der Waals surface area contributed by atoms with E-state index in [4.69, 9.17) is 4.42 Å². The Kier molecular flexibility index (Phi) is 5.02. The Morgan fingerprint density at radius 2 is 2.07 bits per heavy atom. The van der Waals surface area contributed by atoms with Crippen LogP contribution in [0.2, 0.25) is 0 Å². The smallest absolute Gasteiger partial charge is 0.276 e. The maximum absolute atomic E-state index is 12.9. The van der Waals surface area contributed by atoms with E-state index in [2.05, 4.69) is 15.4 Å². The van der Waals surface area contributed by atoms with Gasteiger partial charge in [0.25, 0.3) is 5.91 Å². The number of amides is 1. The maximum atomic E-state index is 12.9. The number of nitrogens with zero attached hydrogens (tertiary/aromatic N) is 4. The van der Waals surface area contributed by atoms with Gasteiger partial charge in [0.05, 0.1) is 17.4 Å². The SMILES string of the molecule is CCN(C(=O)c1coc(-c2cnn(-c3ccccc3)c2)n1)C1CCNCC1. The molecule has 0 unspecified atom stereocenters. The summed E-state index contributed by atoms with van der Waals surface area (Å²) in [7, 11) is 0. The van der Waals surface area contributed by atoms with E-state index in [1.54, 1.807) is 10.9 Å². The molecule has 1 aromatic carbocycles. The van der Waals surface area contributed by atoms with Crippen LogP contribution < -0.4 is 5.32 Å². The predicted octanol–water partition coefficient (Wildman–Crippen LogP) is 2.74. The monoisotopic (exact) mass is 365 g/mol. The molecular formula is C20H23N5O2. The number of carbonyl (C=O) groups excluding carboxylic acids is 1. The number of para-hydroxylation sites is 1. The number of rotatable bonds is 5. The summed E-state index contributed by atoms with van der Waals surface area (Å²) in [6.45, 7) is 4.55. The van der Waals surface area contributed by atoms with Crippen LogP contribution in [-0.2, 0) is 0 Å².